The fraction of sp³-hybridized carbons (Fsp3) is 0.786. The molecule has 0 atom stereocenters. The molecule has 0 N–H and O–H groups in total. The SMILES string of the molecule is CC(=O)N(C)C#C[Si](C(C)C)(C(C)C)C(C)C. The zero-order valence-corrected chi connectivity index (χ0v) is 13.6. The second-order valence-electron chi connectivity index (χ2n) is 5.71. The molecule has 0 saturated heterocycles. The van der Waals surface area contributed by atoms with Gasteiger partial charge in [-0.2, -0.15) is 0 Å². The van der Waals surface area contributed by atoms with Crippen LogP contribution in [0, 0.1) is 11.6 Å². The summed E-state index contributed by atoms with van der Waals surface area (Å²) in [5.41, 5.74) is 5.33. The zero-order valence-electron chi connectivity index (χ0n) is 12.6. The number of hydrogen-bond acceptors (Lipinski definition) is 1. The lowest BCUT2D eigenvalue weighted by Gasteiger charge is -2.38. The van der Waals surface area contributed by atoms with E-state index in [-0.39, 0.29) is 5.91 Å². The van der Waals surface area contributed by atoms with Crippen molar-refractivity contribution in [2.45, 2.75) is 65.1 Å². The van der Waals surface area contributed by atoms with Crippen molar-refractivity contribution in [1.82, 2.24) is 4.90 Å². The maximum absolute atomic E-state index is 11.2. The van der Waals surface area contributed by atoms with Crippen molar-refractivity contribution in [2.75, 3.05) is 7.05 Å². The van der Waals surface area contributed by atoms with Crippen molar-refractivity contribution in [3.8, 4) is 11.6 Å². The fourth-order valence-electron chi connectivity index (χ4n) is 2.69. The van der Waals surface area contributed by atoms with Crippen LogP contribution in [0.4, 0.5) is 0 Å². The fourth-order valence-corrected chi connectivity index (χ4v) is 7.92. The molecular formula is C14H27NOSi. The van der Waals surface area contributed by atoms with Gasteiger partial charge in [0, 0.05) is 20.0 Å². The van der Waals surface area contributed by atoms with Gasteiger partial charge in [0.25, 0.3) is 0 Å². The maximum atomic E-state index is 11.2. The third-order valence-corrected chi connectivity index (χ3v) is 10.1. The number of rotatable bonds is 3. The highest BCUT2D eigenvalue weighted by Crippen LogP contribution is 2.40. The average Bonchev–Trinajstić information content (AvgIpc) is 2.16. The first-order valence-electron chi connectivity index (χ1n) is 6.43. The Morgan fingerprint density at radius 3 is 1.59 bits per heavy atom. The van der Waals surface area contributed by atoms with Gasteiger partial charge in [0.2, 0.25) is 5.91 Å². The summed E-state index contributed by atoms with van der Waals surface area (Å²) in [5, 5.41) is 0. The molecule has 98 valence electrons. The van der Waals surface area contributed by atoms with Crippen LogP contribution in [0.1, 0.15) is 48.5 Å². The topological polar surface area (TPSA) is 20.3 Å². The maximum Gasteiger partial charge on any atom is 0.230 e. The Morgan fingerprint density at radius 2 is 1.35 bits per heavy atom. The molecule has 0 radical (unpaired) electrons. The number of hydrogen-bond donors (Lipinski definition) is 0. The van der Waals surface area contributed by atoms with E-state index in [4.69, 9.17) is 0 Å². The Hall–Kier alpha value is -0.753. The van der Waals surface area contributed by atoms with Crippen LogP contribution in [0.2, 0.25) is 16.6 Å². The van der Waals surface area contributed by atoms with Gasteiger partial charge >= 0.3 is 0 Å². The molecule has 0 rings (SSSR count). The molecule has 0 bridgehead atoms. The van der Waals surface area contributed by atoms with Gasteiger partial charge in [0.15, 0.2) is 0 Å². The van der Waals surface area contributed by atoms with E-state index in [1.807, 2.05) is 0 Å². The highest BCUT2D eigenvalue weighted by molar-refractivity contribution is 6.90. The summed E-state index contributed by atoms with van der Waals surface area (Å²) in [6.45, 7) is 15.2. The number of carbonyl (C=O) groups excluding carboxylic acids is 1. The normalized spacial score (nSPS) is 11.7. The second kappa shape index (κ2) is 6.25. The summed E-state index contributed by atoms with van der Waals surface area (Å²) in [7, 11) is 0.0543. The largest absolute Gasteiger partial charge is 0.275 e. The standard InChI is InChI=1S/C14H27NOSi/c1-11(2)17(12(3)4,13(5)6)10-9-15(8)14(7)16/h11-13H,1-8H3. The molecule has 0 unspecified atom stereocenters. The molecule has 0 aromatic carbocycles. The monoisotopic (exact) mass is 253 g/mol. The Kier molecular flexibility index (Phi) is 5.98. The van der Waals surface area contributed by atoms with E-state index in [0.29, 0.717) is 16.6 Å². The van der Waals surface area contributed by atoms with Crippen LogP contribution in [0.25, 0.3) is 0 Å². The molecule has 0 saturated carbocycles. The van der Waals surface area contributed by atoms with Crippen molar-refractivity contribution in [3.63, 3.8) is 0 Å². The first-order chi connectivity index (χ1) is 7.66. The van der Waals surface area contributed by atoms with E-state index in [9.17, 15) is 4.79 Å². The van der Waals surface area contributed by atoms with Gasteiger partial charge in [-0.05, 0) is 16.6 Å². The summed E-state index contributed by atoms with van der Waals surface area (Å²) >= 11 is 0. The summed E-state index contributed by atoms with van der Waals surface area (Å²) in [6, 6.07) is 3.06. The Bertz CT molecular complexity index is 301. The van der Waals surface area contributed by atoms with Crippen molar-refractivity contribution < 1.29 is 4.79 Å². The Balaban J connectivity index is 5.40. The van der Waals surface area contributed by atoms with E-state index in [0.717, 1.165) is 0 Å². The van der Waals surface area contributed by atoms with Gasteiger partial charge in [-0.15, -0.1) is 5.54 Å². The number of amides is 1. The smallest absolute Gasteiger partial charge is 0.230 e. The van der Waals surface area contributed by atoms with E-state index < -0.39 is 8.07 Å². The van der Waals surface area contributed by atoms with Gasteiger partial charge in [0.05, 0.1) is 0 Å². The van der Waals surface area contributed by atoms with E-state index >= 15 is 0 Å². The second-order valence-corrected chi connectivity index (χ2v) is 11.3. The van der Waals surface area contributed by atoms with Gasteiger partial charge in [-0.3, -0.25) is 9.69 Å². The predicted octanol–water partition coefficient (Wildman–Crippen LogP) is 3.64. The molecule has 0 spiro atoms. The predicted molar refractivity (Wildman–Crippen MR) is 77.3 cm³/mol. The first-order valence-corrected chi connectivity index (χ1v) is 8.66. The van der Waals surface area contributed by atoms with Crippen LogP contribution in [0.3, 0.4) is 0 Å². The highest BCUT2D eigenvalue weighted by atomic mass is 28.3. The molecular weight excluding hydrogens is 226 g/mol. The van der Waals surface area contributed by atoms with E-state index in [1.54, 1.807) is 14.0 Å². The molecule has 3 heteroatoms. The van der Waals surface area contributed by atoms with Crippen LogP contribution in [-0.2, 0) is 4.79 Å². The summed E-state index contributed by atoms with van der Waals surface area (Å²) in [4.78, 5) is 12.7. The Morgan fingerprint density at radius 1 is 1.00 bits per heavy atom. The average molecular weight is 253 g/mol. The molecule has 0 fully saturated rings. The van der Waals surface area contributed by atoms with Crippen LogP contribution in [-0.4, -0.2) is 25.9 Å². The van der Waals surface area contributed by atoms with Crippen LogP contribution in [0.15, 0.2) is 0 Å². The highest BCUT2D eigenvalue weighted by Gasteiger charge is 2.41. The summed E-state index contributed by atoms with van der Waals surface area (Å²) in [5.74, 6) is 0.0108. The molecule has 0 aliphatic carbocycles. The summed E-state index contributed by atoms with van der Waals surface area (Å²) in [6.07, 6.45) is 0. The third kappa shape index (κ3) is 3.60. The molecule has 0 aliphatic heterocycles. The molecule has 0 aliphatic rings. The van der Waals surface area contributed by atoms with Crippen LogP contribution < -0.4 is 0 Å². The minimum atomic E-state index is -1.69. The van der Waals surface area contributed by atoms with Crippen molar-refractivity contribution in [1.29, 1.82) is 0 Å². The summed E-state index contributed by atoms with van der Waals surface area (Å²) < 4.78 is 0. The Labute approximate surface area is 108 Å². The van der Waals surface area contributed by atoms with E-state index in [1.165, 1.54) is 4.90 Å². The minimum Gasteiger partial charge on any atom is -0.275 e. The molecule has 2 nitrogen and oxygen atoms in total. The van der Waals surface area contributed by atoms with Crippen molar-refractivity contribution >= 4 is 14.0 Å². The van der Waals surface area contributed by atoms with Gasteiger partial charge in [-0.1, -0.05) is 41.5 Å². The van der Waals surface area contributed by atoms with Crippen LogP contribution >= 0.6 is 0 Å². The van der Waals surface area contributed by atoms with Gasteiger partial charge in [-0.25, -0.2) is 0 Å². The molecule has 0 aromatic rings. The van der Waals surface area contributed by atoms with Gasteiger partial charge < -0.3 is 0 Å². The lowest BCUT2D eigenvalue weighted by Crippen LogP contribution is -2.43. The number of nitrogens with zero attached hydrogens (tertiary/aromatic N) is 1. The molecule has 0 heterocycles. The van der Waals surface area contributed by atoms with Crippen molar-refractivity contribution in [3.05, 3.63) is 0 Å². The quantitative estimate of drug-likeness (QED) is 0.427. The third-order valence-electron chi connectivity index (χ3n) is 3.78. The molecule has 0 aromatic heterocycles. The van der Waals surface area contributed by atoms with Crippen molar-refractivity contribution in [2.24, 2.45) is 0 Å². The zero-order chi connectivity index (χ0) is 13.8. The van der Waals surface area contributed by atoms with Gasteiger partial charge in [0.1, 0.15) is 8.07 Å². The molecule has 1 amide bonds. The lowest BCUT2D eigenvalue weighted by molar-refractivity contribution is -0.124. The van der Waals surface area contributed by atoms with Crippen LogP contribution in [0.5, 0.6) is 0 Å². The lowest BCUT2D eigenvalue weighted by atomic mass is 10.5. The molecule has 17 heavy (non-hydrogen) atoms. The minimum absolute atomic E-state index is 0.0108. The van der Waals surface area contributed by atoms with E-state index in [2.05, 4.69) is 53.1 Å². The first kappa shape index (κ1) is 16.2. The number of carbonyl (C=O) groups is 1.